The van der Waals surface area contributed by atoms with E-state index in [1.165, 1.54) is 0 Å². The Labute approximate surface area is 87.5 Å². The SMILES string of the molecule is O=C(O)N[C@@H](Cc1ccccc1)B(O)O. The molecule has 0 saturated heterocycles. The third kappa shape index (κ3) is 4.01. The Morgan fingerprint density at radius 1 is 1.33 bits per heavy atom. The van der Waals surface area contributed by atoms with Crippen molar-refractivity contribution in [1.29, 1.82) is 0 Å². The van der Waals surface area contributed by atoms with Gasteiger partial charge in [-0.25, -0.2) is 4.79 Å². The number of hydrogen-bond donors (Lipinski definition) is 4. The average molecular weight is 209 g/mol. The molecule has 6 heteroatoms. The van der Waals surface area contributed by atoms with Crippen LogP contribution in [0.4, 0.5) is 4.79 Å². The van der Waals surface area contributed by atoms with Crippen molar-refractivity contribution >= 4 is 13.2 Å². The topological polar surface area (TPSA) is 89.8 Å². The predicted molar refractivity (Wildman–Crippen MR) is 55.3 cm³/mol. The molecule has 15 heavy (non-hydrogen) atoms. The van der Waals surface area contributed by atoms with E-state index in [4.69, 9.17) is 15.2 Å². The molecule has 0 saturated carbocycles. The van der Waals surface area contributed by atoms with Gasteiger partial charge in [0.05, 0.1) is 5.94 Å². The van der Waals surface area contributed by atoms with Crippen molar-refractivity contribution in [3.05, 3.63) is 35.9 Å². The molecule has 0 heterocycles. The summed E-state index contributed by atoms with van der Waals surface area (Å²) in [7, 11) is -1.71. The van der Waals surface area contributed by atoms with E-state index in [2.05, 4.69) is 0 Å². The van der Waals surface area contributed by atoms with E-state index >= 15 is 0 Å². The van der Waals surface area contributed by atoms with Crippen LogP contribution in [0, 0.1) is 0 Å². The molecule has 0 spiro atoms. The van der Waals surface area contributed by atoms with Gasteiger partial charge in [-0.2, -0.15) is 0 Å². The van der Waals surface area contributed by atoms with Crippen LogP contribution < -0.4 is 5.32 Å². The minimum absolute atomic E-state index is 0.241. The smallest absolute Gasteiger partial charge is 0.465 e. The van der Waals surface area contributed by atoms with Crippen LogP contribution in [0.3, 0.4) is 0 Å². The fourth-order valence-corrected chi connectivity index (χ4v) is 1.26. The number of hydrogen-bond acceptors (Lipinski definition) is 3. The van der Waals surface area contributed by atoms with Gasteiger partial charge in [-0.15, -0.1) is 0 Å². The van der Waals surface area contributed by atoms with Crippen LogP contribution in [0.5, 0.6) is 0 Å². The van der Waals surface area contributed by atoms with E-state index in [9.17, 15) is 4.79 Å². The fraction of sp³-hybridized carbons (Fsp3) is 0.222. The lowest BCUT2D eigenvalue weighted by atomic mass is 9.76. The molecule has 0 unspecified atom stereocenters. The first-order chi connectivity index (χ1) is 7.09. The largest absolute Gasteiger partial charge is 0.475 e. The Bertz CT molecular complexity index is 317. The second kappa shape index (κ2) is 5.38. The number of carbonyl (C=O) groups is 1. The minimum Gasteiger partial charge on any atom is -0.465 e. The number of nitrogens with one attached hydrogen (secondary N) is 1. The van der Waals surface area contributed by atoms with E-state index < -0.39 is 19.2 Å². The molecule has 0 aliphatic carbocycles. The summed E-state index contributed by atoms with van der Waals surface area (Å²) < 4.78 is 0. The quantitative estimate of drug-likeness (QED) is 0.520. The first kappa shape index (κ1) is 11.5. The lowest BCUT2D eigenvalue weighted by Crippen LogP contribution is -2.47. The molecule has 1 atom stereocenters. The fourth-order valence-electron chi connectivity index (χ4n) is 1.26. The molecule has 1 aromatic rings. The predicted octanol–water partition coefficient (Wildman–Crippen LogP) is -0.123. The third-order valence-electron chi connectivity index (χ3n) is 1.97. The molecule has 5 nitrogen and oxygen atoms in total. The maximum atomic E-state index is 10.4. The summed E-state index contributed by atoms with van der Waals surface area (Å²) in [5.74, 6) is -0.912. The third-order valence-corrected chi connectivity index (χ3v) is 1.97. The molecule has 1 amide bonds. The van der Waals surface area contributed by atoms with Crippen LogP contribution in [0.15, 0.2) is 30.3 Å². The minimum atomic E-state index is -1.71. The van der Waals surface area contributed by atoms with E-state index in [1.807, 2.05) is 11.4 Å². The Hall–Kier alpha value is -1.53. The van der Waals surface area contributed by atoms with Crippen LogP contribution in [-0.4, -0.2) is 34.3 Å². The van der Waals surface area contributed by atoms with Gasteiger partial charge in [0.25, 0.3) is 0 Å². The van der Waals surface area contributed by atoms with Gasteiger partial charge in [-0.3, -0.25) is 0 Å². The maximum absolute atomic E-state index is 10.4. The lowest BCUT2D eigenvalue weighted by molar-refractivity contribution is 0.190. The van der Waals surface area contributed by atoms with Crippen LogP contribution in [0.25, 0.3) is 0 Å². The van der Waals surface area contributed by atoms with Gasteiger partial charge in [0.1, 0.15) is 0 Å². The molecule has 0 aliphatic heterocycles. The molecule has 0 fully saturated rings. The Balaban J connectivity index is 2.63. The zero-order valence-electron chi connectivity index (χ0n) is 8.00. The summed E-state index contributed by atoms with van der Waals surface area (Å²) in [6.45, 7) is 0. The van der Waals surface area contributed by atoms with E-state index in [0.29, 0.717) is 0 Å². The van der Waals surface area contributed by atoms with Crippen molar-refractivity contribution in [1.82, 2.24) is 5.32 Å². The van der Waals surface area contributed by atoms with E-state index in [-0.39, 0.29) is 6.42 Å². The highest BCUT2D eigenvalue weighted by Crippen LogP contribution is 2.03. The molecule has 0 aliphatic rings. The van der Waals surface area contributed by atoms with Crippen molar-refractivity contribution in [2.45, 2.75) is 12.4 Å². The average Bonchev–Trinajstić information content (AvgIpc) is 2.17. The summed E-state index contributed by atoms with van der Waals surface area (Å²) in [5, 5.41) is 28.4. The Kier molecular flexibility index (Phi) is 4.14. The lowest BCUT2D eigenvalue weighted by Gasteiger charge is -2.15. The Morgan fingerprint density at radius 3 is 2.40 bits per heavy atom. The van der Waals surface area contributed by atoms with Gasteiger partial charge < -0.3 is 20.5 Å². The molecule has 4 N–H and O–H groups in total. The van der Waals surface area contributed by atoms with Crippen molar-refractivity contribution < 1.29 is 19.9 Å². The van der Waals surface area contributed by atoms with Gasteiger partial charge in [0, 0.05) is 0 Å². The van der Waals surface area contributed by atoms with Crippen LogP contribution >= 0.6 is 0 Å². The molecule has 80 valence electrons. The normalized spacial score (nSPS) is 11.9. The summed E-state index contributed by atoms with van der Waals surface area (Å²) in [5.41, 5.74) is 0.837. The monoisotopic (exact) mass is 209 g/mol. The summed E-state index contributed by atoms with van der Waals surface area (Å²) in [6, 6.07) is 9.02. The van der Waals surface area contributed by atoms with Gasteiger partial charge in [0.15, 0.2) is 0 Å². The first-order valence-corrected chi connectivity index (χ1v) is 4.49. The van der Waals surface area contributed by atoms with Crippen LogP contribution in [0.1, 0.15) is 5.56 Å². The number of benzene rings is 1. The summed E-state index contributed by atoms with van der Waals surface area (Å²) >= 11 is 0. The number of carboxylic acid groups (broad SMARTS) is 1. The van der Waals surface area contributed by atoms with E-state index in [1.54, 1.807) is 24.3 Å². The van der Waals surface area contributed by atoms with Gasteiger partial charge >= 0.3 is 13.2 Å². The van der Waals surface area contributed by atoms with Crippen molar-refractivity contribution in [3.8, 4) is 0 Å². The van der Waals surface area contributed by atoms with Gasteiger partial charge in [-0.1, -0.05) is 30.3 Å². The standard InChI is InChI=1S/C9H12BNO4/c12-9(13)11-8(10(14)15)6-7-4-2-1-3-5-7/h1-5,8,11,14-15H,6H2,(H,12,13)/t8-/m0/s1. The summed E-state index contributed by atoms with van der Waals surface area (Å²) in [4.78, 5) is 10.4. The number of amides is 1. The summed E-state index contributed by atoms with van der Waals surface area (Å²) in [6.07, 6.45) is -1.03. The first-order valence-electron chi connectivity index (χ1n) is 4.49. The van der Waals surface area contributed by atoms with Crippen molar-refractivity contribution in [3.63, 3.8) is 0 Å². The second-order valence-corrected chi connectivity index (χ2v) is 3.16. The Morgan fingerprint density at radius 2 is 1.93 bits per heavy atom. The van der Waals surface area contributed by atoms with Crippen molar-refractivity contribution in [2.24, 2.45) is 0 Å². The highest BCUT2D eigenvalue weighted by atomic mass is 16.4. The van der Waals surface area contributed by atoms with Gasteiger partial charge in [0.2, 0.25) is 0 Å². The second-order valence-electron chi connectivity index (χ2n) is 3.16. The van der Waals surface area contributed by atoms with Crippen LogP contribution in [0.2, 0.25) is 0 Å². The molecule has 1 aromatic carbocycles. The van der Waals surface area contributed by atoms with Crippen molar-refractivity contribution in [2.75, 3.05) is 0 Å². The molecular weight excluding hydrogens is 197 g/mol. The molecule has 1 rings (SSSR count). The van der Waals surface area contributed by atoms with E-state index in [0.717, 1.165) is 5.56 Å². The molecular formula is C9H12BNO4. The maximum Gasteiger partial charge on any atom is 0.475 e. The van der Waals surface area contributed by atoms with Crippen LogP contribution in [-0.2, 0) is 6.42 Å². The molecule has 0 aromatic heterocycles. The molecule has 0 bridgehead atoms. The van der Waals surface area contributed by atoms with Gasteiger partial charge in [-0.05, 0) is 12.0 Å². The highest BCUT2D eigenvalue weighted by Gasteiger charge is 2.25. The highest BCUT2D eigenvalue weighted by molar-refractivity contribution is 6.43. The zero-order valence-corrected chi connectivity index (χ0v) is 8.00. The molecule has 0 radical (unpaired) electrons. The zero-order chi connectivity index (χ0) is 11.3. The number of rotatable bonds is 4.